The molecule has 0 spiro atoms. The molecule has 168 valence electrons. The van der Waals surface area contributed by atoms with Crippen molar-refractivity contribution in [1.82, 2.24) is 0 Å². The average molecular weight is 485 g/mol. The maximum Gasteiger partial charge on any atom is 0.294 e. The van der Waals surface area contributed by atoms with Crippen molar-refractivity contribution in [2.24, 2.45) is 10.2 Å². The highest BCUT2D eigenvalue weighted by molar-refractivity contribution is 7.86. The lowest BCUT2D eigenvalue weighted by atomic mass is 10.1. The van der Waals surface area contributed by atoms with E-state index in [-0.39, 0.29) is 21.2 Å². The van der Waals surface area contributed by atoms with E-state index in [0.29, 0.717) is 16.5 Å². The maximum absolute atomic E-state index is 11.4. The van der Waals surface area contributed by atoms with Gasteiger partial charge >= 0.3 is 0 Å². The van der Waals surface area contributed by atoms with E-state index in [4.69, 9.17) is 4.55 Å². The van der Waals surface area contributed by atoms with Gasteiger partial charge < -0.3 is 5.11 Å². The number of aromatic hydroxyl groups is 1. The van der Waals surface area contributed by atoms with Crippen molar-refractivity contribution in [2.75, 3.05) is 0 Å². The van der Waals surface area contributed by atoms with Crippen molar-refractivity contribution in [1.29, 1.82) is 0 Å². The van der Waals surface area contributed by atoms with Crippen LogP contribution in [0.1, 0.15) is 0 Å². The van der Waals surface area contributed by atoms with E-state index < -0.39 is 20.2 Å². The second kappa shape index (κ2) is 8.37. The van der Waals surface area contributed by atoms with Gasteiger partial charge in [-0.3, -0.25) is 9.11 Å². The molecule has 4 aromatic rings. The summed E-state index contributed by atoms with van der Waals surface area (Å²) in [6, 6.07) is 19.3. The molecule has 9 nitrogen and oxygen atoms in total. The van der Waals surface area contributed by atoms with Crippen molar-refractivity contribution < 1.29 is 31.0 Å². The third-order valence-corrected chi connectivity index (χ3v) is 6.58. The van der Waals surface area contributed by atoms with Gasteiger partial charge in [-0.05, 0) is 59.0 Å². The van der Waals surface area contributed by atoms with Crippen LogP contribution in [0.3, 0.4) is 0 Å². The van der Waals surface area contributed by atoms with E-state index in [0.717, 1.165) is 11.1 Å². The van der Waals surface area contributed by atoms with E-state index in [1.54, 1.807) is 36.4 Å². The van der Waals surface area contributed by atoms with Crippen molar-refractivity contribution in [3.8, 4) is 16.9 Å². The van der Waals surface area contributed by atoms with Gasteiger partial charge in [0.25, 0.3) is 20.2 Å². The van der Waals surface area contributed by atoms with Gasteiger partial charge in [-0.1, -0.05) is 36.4 Å². The van der Waals surface area contributed by atoms with Crippen molar-refractivity contribution in [2.45, 2.75) is 9.79 Å². The van der Waals surface area contributed by atoms with Crippen molar-refractivity contribution >= 4 is 42.4 Å². The summed E-state index contributed by atoms with van der Waals surface area (Å²) < 4.78 is 63.3. The van der Waals surface area contributed by atoms with Crippen molar-refractivity contribution in [3.05, 3.63) is 78.9 Å². The minimum atomic E-state index is -4.37. The molecule has 33 heavy (non-hydrogen) atoms. The molecule has 3 N–H and O–H groups in total. The van der Waals surface area contributed by atoms with Gasteiger partial charge in [0.1, 0.15) is 11.4 Å². The largest absolute Gasteiger partial charge is 0.506 e. The molecule has 0 saturated heterocycles. The molecule has 0 aliphatic rings. The fourth-order valence-corrected chi connectivity index (χ4v) is 4.19. The smallest absolute Gasteiger partial charge is 0.294 e. The molecule has 11 heteroatoms. The van der Waals surface area contributed by atoms with E-state index in [2.05, 4.69) is 10.2 Å². The monoisotopic (exact) mass is 484 g/mol. The number of fused-ring (bicyclic) bond motifs is 1. The minimum absolute atomic E-state index is 0.138. The summed E-state index contributed by atoms with van der Waals surface area (Å²) in [4.78, 5) is -0.473. The van der Waals surface area contributed by atoms with Crippen LogP contribution in [0.25, 0.3) is 21.9 Å². The Labute approximate surface area is 189 Å². The number of azo groups is 1. The number of rotatable bonds is 5. The number of phenols is 1. The van der Waals surface area contributed by atoms with E-state index in [1.165, 1.54) is 42.5 Å². The Morgan fingerprint density at radius 2 is 1.15 bits per heavy atom. The minimum Gasteiger partial charge on any atom is -0.506 e. The normalized spacial score (nSPS) is 12.4. The lowest BCUT2D eigenvalue weighted by Crippen LogP contribution is -1.97. The molecule has 4 rings (SSSR count). The van der Waals surface area contributed by atoms with Crippen LogP contribution in [0.2, 0.25) is 0 Å². The lowest BCUT2D eigenvalue weighted by molar-refractivity contribution is 0.477. The van der Waals surface area contributed by atoms with Crippen LogP contribution in [0.15, 0.2) is 98.9 Å². The molecule has 0 saturated carbocycles. The summed E-state index contributed by atoms with van der Waals surface area (Å²) in [5.41, 5.74) is 2.12. The second-order valence-electron chi connectivity index (χ2n) is 7.04. The standard InChI is InChI=1S/C22H16N2O7S2/c25-21-12-5-16-13-19(33(29,30)31)10-11-20(16)22(21)24-23-17-6-1-14(2-7-17)15-3-8-18(9-4-15)32(26,27)28/h1-13,25H,(H,26,27,28)(H,29,30,31). The fraction of sp³-hybridized carbons (Fsp3) is 0. The SMILES string of the molecule is O=S(=O)(O)c1ccc(-c2ccc(N=Nc3c(O)ccc4cc(S(=O)(=O)O)ccc34)cc2)cc1. The molecule has 0 fully saturated rings. The van der Waals surface area contributed by atoms with E-state index >= 15 is 0 Å². The number of nitrogens with zero attached hydrogens (tertiary/aromatic N) is 2. The number of benzene rings is 4. The first-order valence-electron chi connectivity index (χ1n) is 9.35. The zero-order valence-electron chi connectivity index (χ0n) is 16.7. The molecule has 0 aromatic heterocycles. The molecule has 4 aromatic carbocycles. The van der Waals surface area contributed by atoms with E-state index in [1.807, 2.05) is 0 Å². The maximum atomic E-state index is 11.4. The Balaban J connectivity index is 1.62. The van der Waals surface area contributed by atoms with Gasteiger partial charge in [-0.25, -0.2) is 0 Å². The molecule has 0 radical (unpaired) electrons. The molecular formula is C22H16N2O7S2. The Kier molecular flexibility index (Phi) is 5.72. The molecule has 0 atom stereocenters. The van der Waals surface area contributed by atoms with Gasteiger partial charge in [0.15, 0.2) is 0 Å². The second-order valence-corrected chi connectivity index (χ2v) is 9.88. The highest BCUT2D eigenvalue weighted by Gasteiger charge is 2.13. The Bertz CT molecular complexity index is 1600. The molecule has 0 unspecified atom stereocenters. The highest BCUT2D eigenvalue weighted by Crippen LogP contribution is 2.37. The Morgan fingerprint density at radius 1 is 0.606 bits per heavy atom. The average Bonchev–Trinajstić information content (AvgIpc) is 2.77. The first kappa shape index (κ1) is 22.6. The lowest BCUT2D eigenvalue weighted by Gasteiger charge is -2.06. The molecular weight excluding hydrogens is 468 g/mol. The highest BCUT2D eigenvalue weighted by atomic mass is 32.2. The van der Waals surface area contributed by atoms with Crippen LogP contribution < -0.4 is 0 Å². The quantitative estimate of drug-likeness (QED) is 0.262. The molecule has 0 amide bonds. The molecule has 0 heterocycles. The number of phenolic OH excluding ortho intramolecular Hbond substituents is 1. The van der Waals surface area contributed by atoms with Gasteiger partial charge in [0.2, 0.25) is 0 Å². The van der Waals surface area contributed by atoms with Crippen LogP contribution in [0.5, 0.6) is 5.75 Å². The summed E-state index contributed by atoms with van der Waals surface area (Å²) >= 11 is 0. The van der Waals surface area contributed by atoms with Crippen LogP contribution in [0, 0.1) is 0 Å². The summed E-state index contributed by atoms with van der Waals surface area (Å²) in [6.07, 6.45) is 0. The number of hydrogen-bond acceptors (Lipinski definition) is 7. The van der Waals surface area contributed by atoms with Crippen LogP contribution in [-0.2, 0) is 20.2 Å². The zero-order chi connectivity index (χ0) is 23.8. The summed E-state index contributed by atoms with van der Waals surface area (Å²) in [5, 5.41) is 19.3. The Hall–Kier alpha value is -3.64. The number of hydrogen-bond donors (Lipinski definition) is 3. The molecule has 0 aliphatic carbocycles. The van der Waals surface area contributed by atoms with Crippen LogP contribution in [0.4, 0.5) is 11.4 Å². The summed E-state index contributed by atoms with van der Waals surface area (Å²) in [6.45, 7) is 0. The van der Waals surface area contributed by atoms with Crippen LogP contribution in [-0.4, -0.2) is 31.0 Å². The van der Waals surface area contributed by atoms with Gasteiger partial charge in [0.05, 0.1) is 15.5 Å². The molecule has 0 bridgehead atoms. The topological polar surface area (TPSA) is 154 Å². The summed E-state index contributed by atoms with van der Waals surface area (Å²) in [7, 11) is -8.63. The van der Waals surface area contributed by atoms with Gasteiger partial charge in [0, 0.05) is 5.39 Å². The van der Waals surface area contributed by atoms with Gasteiger partial charge in [-0.2, -0.15) is 21.9 Å². The first-order chi connectivity index (χ1) is 15.5. The Morgan fingerprint density at radius 3 is 1.73 bits per heavy atom. The van der Waals surface area contributed by atoms with Gasteiger partial charge in [-0.15, -0.1) is 5.11 Å². The predicted molar refractivity (Wildman–Crippen MR) is 121 cm³/mol. The predicted octanol–water partition coefficient (Wildman–Crippen LogP) is 5.12. The van der Waals surface area contributed by atoms with Crippen LogP contribution >= 0.6 is 0 Å². The molecule has 0 aliphatic heterocycles. The fourth-order valence-electron chi connectivity index (χ4n) is 3.19. The van der Waals surface area contributed by atoms with E-state index in [9.17, 15) is 26.5 Å². The zero-order valence-corrected chi connectivity index (χ0v) is 18.3. The third kappa shape index (κ3) is 4.91. The third-order valence-electron chi connectivity index (χ3n) is 4.86. The summed E-state index contributed by atoms with van der Waals surface area (Å²) in [5.74, 6) is -0.151. The van der Waals surface area contributed by atoms with Crippen molar-refractivity contribution in [3.63, 3.8) is 0 Å². The first-order valence-corrected chi connectivity index (χ1v) is 12.2.